The minimum atomic E-state index is -0.361. The molecule has 1 aromatic carbocycles. The Morgan fingerprint density at radius 3 is 2.53 bits per heavy atom. The number of phenols is 1. The van der Waals surface area contributed by atoms with Crippen LogP contribution in [0.15, 0.2) is 12.1 Å². The highest BCUT2D eigenvalue weighted by Gasteiger charge is 2.28. The lowest BCUT2D eigenvalue weighted by Gasteiger charge is -2.27. The number of aromatic hydroxyl groups is 1. The van der Waals surface area contributed by atoms with E-state index in [9.17, 15) is 10.2 Å². The van der Waals surface area contributed by atoms with Crippen molar-refractivity contribution in [2.24, 2.45) is 0 Å². The van der Waals surface area contributed by atoms with E-state index >= 15 is 0 Å². The number of hydrogen-bond donors (Lipinski definition) is 2. The van der Waals surface area contributed by atoms with Gasteiger partial charge in [0.15, 0.2) is 0 Å². The molecule has 2 nitrogen and oxygen atoms in total. The van der Waals surface area contributed by atoms with Crippen LogP contribution in [-0.4, -0.2) is 16.8 Å². The summed E-state index contributed by atoms with van der Waals surface area (Å²) in [6, 6.07) is 3.84. The molecule has 0 bridgehead atoms. The summed E-state index contributed by atoms with van der Waals surface area (Å²) in [5.41, 5.74) is 3.23. The Hall–Kier alpha value is -1.02. The lowest BCUT2D eigenvalue weighted by Crippen LogP contribution is -2.24. The standard InChI is InChI=1S/C15H22O2/c1-15(2,10-16)14-12-7-5-3-4-6-11(12)8-9-13(14)17/h8-9,16-17H,3-7,10H2,1-2H3. The van der Waals surface area contributed by atoms with Crippen LogP contribution >= 0.6 is 0 Å². The predicted octanol–water partition coefficient (Wildman–Crippen LogP) is 2.93. The van der Waals surface area contributed by atoms with E-state index in [0.29, 0.717) is 5.75 Å². The second kappa shape index (κ2) is 4.69. The number of benzene rings is 1. The average Bonchev–Trinajstić information content (AvgIpc) is 2.53. The van der Waals surface area contributed by atoms with Crippen LogP contribution in [0.3, 0.4) is 0 Å². The molecule has 0 radical (unpaired) electrons. The second-order valence-electron chi connectivity index (χ2n) is 5.70. The number of aryl methyl sites for hydroxylation is 1. The van der Waals surface area contributed by atoms with Crippen LogP contribution < -0.4 is 0 Å². The number of hydrogen-bond acceptors (Lipinski definition) is 2. The second-order valence-corrected chi connectivity index (χ2v) is 5.70. The van der Waals surface area contributed by atoms with Gasteiger partial charge in [-0.15, -0.1) is 0 Å². The van der Waals surface area contributed by atoms with E-state index in [1.807, 2.05) is 19.9 Å². The minimum absolute atomic E-state index is 0.0665. The van der Waals surface area contributed by atoms with Gasteiger partial charge in [-0.25, -0.2) is 0 Å². The SMILES string of the molecule is CC(C)(CO)c1c(O)ccc2c1CCCCC2. The molecule has 17 heavy (non-hydrogen) atoms. The van der Waals surface area contributed by atoms with Crippen molar-refractivity contribution in [3.8, 4) is 5.75 Å². The van der Waals surface area contributed by atoms with Crippen LogP contribution in [0.25, 0.3) is 0 Å². The molecule has 0 heterocycles. The highest BCUT2D eigenvalue weighted by molar-refractivity contribution is 5.49. The van der Waals surface area contributed by atoms with Gasteiger partial charge in [-0.1, -0.05) is 26.3 Å². The molecule has 1 aliphatic carbocycles. The fourth-order valence-electron chi connectivity index (χ4n) is 2.83. The van der Waals surface area contributed by atoms with E-state index in [1.165, 1.54) is 30.4 Å². The normalized spacial score (nSPS) is 16.4. The molecule has 0 aromatic heterocycles. The van der Waals surface area contributed by atoms with E-state index < -0.39 is 0 Å². The molecule has 94 valence electrons. The van der Waals surface area contributed by atoms with Crippen LogP contribution in [0, 0.1) is 0 Å². The van der Waals surface area contributed by atoms with E-state index in [4.69, 9.17) is 0 Å². The van der Waals surface area contributed by atoms with Gasteiger partial charge in [-0.2, -0.15) is 0 Å². The Kier molecular flexibility index (Phi) is 3.43. The third kappa shape index (κ3) is 2.32. The molecule has 0 unspecified atom stereocenters. The molecule has 0 aliphatic heterocycles. The van der Waals surface area contributed by atoms with Crippen LogP contribution in [-0.2, 0) is 18.3 Å². The van der Waals surface area contributed by atoms with Gasteiger partial charge in [-0.3, -0.25) is 0 Å². The van der Waals surface area contributed by atoms with Crippen molar-refractivity contribution in [3.63, 3.8) is 0 Å². The van der Waals surface area contributed by atoms with Crippen molar-refractivity contribution in [1.29, 1.82) is 0 Å². The van der Waals surface area contributed by atoms with Crippen LogP contribution in [0.1, 0.15) is 49.8 Å². The van der Waals surface area contributed by atoms with E-state index in [-0.39, 0.29) is 12.0 Å². The summed E-state index contributed by atoms with van der Waals surface area (Å²) >= 11 is 0. The number of fused-ring (bicyclic) bond motifs is 1. The van der Waals surface area contributed by atoms with Crippen molar-refractivity contribution in [2.45, 2.75) is 51.4 Å². The van der Waals surface area contributed by atoms with Crippen LogP contribution in [0.5, 0.6) is 5.75 Å². The molecule has 1 aliphatic rings. The predicted molar refractivity (Wildman–Crippen MR) is 69.5 cm³/mol. The smallest absolute Gasteiger partial charge is 0.119 e. The van der Waals surface area contributed by atoms with Gasteiger partial charge < -0.3 is 10.2 Å². The van der Waals surface area contributed by atoms with Crippen molar-refractivity contribution >= 4 is 0 Å². The van der Waals surface area contributed by atoms with Crippen LogP contribution in [0.4, 0.5) is 0 Å². The highest BCUT2D eigenvalue weighted by atomic mass is 16.3. The van der Waals surface area contributed by atoms with Gasteiger partial charge in [0, 0.05) is 11.0 Å². The largest absolute Gasteiger partial charge is 0.508 e. The Morgan fingerprint density at radius 2 is 1.82 bits per heavy atom. The molecule has 0 fully saturated rings. The Bertz CT molecular complexity index is 408. The number of aliphatic hydroxyl groups excluding tert-OH is 1. The highest BCUT2D eigenvalue weighted by Crippen LogP contribution is 2.37. The molecule has 0 saturated heterocycles. The molecule has 2 rings (SSSR count). The summed E-state index contributed by atoms with van der Waals surface area (Å²) in [6.45, 7) is 4.05. The lowest BCUT2D eigenvalue weighted by molar-refractivity contribution is 0.214. The average molecular weight is 234 g/mol. The Morgan fingerprint density at radius 1 is 1.12 bits per heavy atom. The zero-order valence-corrected chi connectivity index (χ0v) is 10.8. The zero-order valence-electron chi connectivity index (χ0n) is 10.8. The third-order valence-electron chi connectivity index (χ3n) is 3.83. The maximum Gasteiger partial charge on any atom is 0.119 e. The number of phenolic OH excluding ortho intramolecular Hbond substituents is 1. The quantitative estimate of drug-likeness (QED) is 0.772. The maximum atomic E-state index is 10.1. The lowest BCUT2D eigenvalue weighted by atomic mass is 9.79. The Labute approximate surface area is 103 Å². The molecule has 2 heteroatoms. The van der Waals surface area contributed by atoms with Crippen molar-refractivity contribution < 1.29 is 10.2 Å². The first-order chi connectivity index (χ1) is 8.06. The van der Waals surface area contributed by atoms with Crippen molar-refractivity contribution in [2.75, 3.05) is 6.61 Å². The van der Waals surface area contributed by atoms with Gasteiger partial charge in [0.1, 0.15) is 5.75 Å². The Balaban J connectivity index is 2.57. The topological polar surface area (TPSA) is 40.5 Å². The summed E-state index contributed by atoms with van der Waals surface area (Å²) in [5, 5.41) is 19.6. The number of rotatable bonds is 2. The monoisotopic (exact) mass is 234 g/mol. The summed E-state index contributed by atoms with van der Waals surface area (Å²) in [7, 11) is 0. The van der Waals surface area contributed by atoms with E-state index in [2.05, 4.69) is 0 Å². The number of aliphatic hydroxyl groups is 1. The molecular formula is C15H22O2. The fraction of sp³-hybridized carbons (Fsp3) is 0.600. The first-order valence-corrected chi connectivity index (χ1v) is 6.51. The molecule has 1 aromatic rings. The zero-order chi connectivity index (χ0) is 12.5. The molecule has 0 saturated carbocycles. The summed E-state index contributed by atoms with van der Waals surface area (Å²) in [5.74, 6) is 0.338. The van der Waals surface area contributed by atoms with Crippen molar-refractivity contribution in [1.82, 2.24) is 0 Å². The minimum Gasteiger partial charge on any atom is -0.508 e. The van der Waals surface area contributed by atoms with Crippen LogP contribution in [0.2, 0.25) is 0 Å². The first kappa shape index (κ1) is 12.4. The summed E-state index contributed by atoms with van der Waals surface area (Å²) in [4.78, 5) is 0. The molecule has 2 N–H and O–H groups in total. The fourth-order valence-corrected chi connectivity index (χ4v) is 2.83. The van der Waals surface area contributed by atoms with E-state index in [1.54, 1.807) is 6.07 Å². The van der Waals surface area contributed by atoms with Gasteiger partial charge in [0.05, 0.1) is 6.61 Å². The summed E-state index contributed by atoms with van der Waals surface area (Å²) in [6.07, 6.45) is 5.81. The molecule has 0 amide bonds. The van der Waals surface area contributed by atoms with Gasteiger partial charge >= 0.3 is 0 Å². The van der Waals surface area contributed by atoms with E-state index in [0.717, 1.165) is 18.4 Å². The summed E-state index contributed by atoms with van der Waals surface area (Å²) < 4.78 is 0. The third-order valence-corrected chi connectivity index (χ3v) is 3.83. The van der Waals surface area contributed by atoms with Gasteiger partial charge in [0.25, 0.3) is 0 Å². The maximum absolute atomic E-state index is 10.1. The molecule has 0 atom stereocenters. The van der Waals surface area contributed by atoms with Gasteiger partial charge in [-0.05, 0) is 42.9 Å². The van der Waals surface area contributed by atoms with Crippen molar-refractivity contribution in [3.05, 3.63) is 28.8 Å². The molecule has 0 spiro atoms. The van der Waals surface area contributed by atoms with Gasteiger partial charge in [0.2, 0.25) is 0 Å². The molecular weight excluding hydrogens is 212 g/mol. The first-order valence-electron chi connectivity index (χ1n) is 6.51.